The average molecular weight is 455 g/mol. The van der Waals surface area contributed by atoms with Gasteiger partial charge < -0.3 is 19.4 Å². The highest BCUT2D eigenvalue weighted by Gasteiger charge is 2.18. The maximum absolute atomic E-state index is 13.5. The highest BCUT2D eigenvalue weighted by Crippen LogP contribution is 2.34. The number of ether oxygens (including phenoxy) is 2. The number of anilines is 1. The molecule has 1 aromatic heterocycles. The number of hydrogen-bond acceptors (Lipinski definition) is 5. The minimum Gasteiger partial charge on any atom is -0.486 e. The van der Waals surface area contributed by atoms with E-state index in [0.29, 0.717) is 42.3 Å². The Labute approximate surface area is 197 Å². The van der Waals surface area contributed by atoms with E-state index in [9.17, 15) is 9.59 Å². The van der Waals surface area contributed by atoms with E-state index in [1.807, 2.05) is 73.7 Å². The average Bonchev–Trinajstić information content (AvgIpc) is 2.86. The Kier molecular flexibility index (Phi) is 6.04. The smallest absolute Gasteiger partial charge is 0.256 e. The minimum absolute atomic E-state index is 0.0114. The summed E-state index contributed by atoms with van der Waals surface area (Å²) in [5.74, 6) is 1.21. The lowest BCUT2D eigenvalue weighted by Gasteiger charge is -2.21. The largest absolute Gasteiger partial charge is 0.486 e. The van der Waals surface area contributed by atoms with Crippen molar-refractivity contribution in [3.63, 3.8) is 0 Å². The molecular formula is C28H26N2O4. The van der Waals surface area contributed by atoms with E-state index in [1.165, 1.54) is 0 Å². The number of para-hydroxylation sites is 1. The van der Waals surface area contributed by atoms with Crippen LogP contribution in [0.5, 0.6) is 11.5 Å². The van der Waals surface area contributed by atoms with E-state index in [2.05, 4.69) is 5.32 Å². The summed E-state index contributed by atoms with van der Waals surface area (Å²) in [6, 6.07) is 23.1. The number of ketones is 1. The number of carbonyl (C=O) groups excluding carboxylic acids is 1. The van der Waals surface area contributed by atoms with E-state index in [1.54, 1.807) is 10.6 Å². The van der Waals surface area contributed by atoms with Crippen molar-refractivity contribution in [1.29, 1.82) is 0 Å². The van der Waals surface area contributed by atoms with Gasteiger partial charge in [-0.05, 0) is 42.3 Å². The van der Waals surface area contributed by atoms with Gasteiger partial charge in [0.1, 0.15) is 13.2 Å². The van der Waals surface area contributed by atoms with Gasteiger partial charge in [0.2, 0.25) is 0 Å². The van der Waals surface area contributed by atoms with Gasteiger partial charge >= 0.3 is 0 Å². The third-order valence-corrected chi connectivity index (χ3v) is 6.07. The zero-order valence-corrected chi connectivity index (χ0v) is 19.0. The predicted molar refractivity (Wildman–Crippen MR) is 133 cm³/mol. The van der Waals surface area contributed by atoms with Crippen LogP contribution in [-0.2, 0) is 24.3 Å². The molecule has 6 nitrogen and oxygen atoms in total. The Bertz CT molecular complexity index is 1410. The summed E-state index contributed by atoms with van der Waals surface area (Å²) in [5.41, 5.74) is 4.01. The number of rotatable bonds is 7. The van der Waals surface area contributed by atoms with Crippen LogP contribution in [0.15, 0.2) is 77.6 Å². The van der Waals surface area contributed by atoms with Crippen LogP contribution in [0, 0.1) is 6.92 Å². The lowest BCUT2D eigenvalue weighted by atomic mass is 10.0. The standard InChI is InChI=1S/C28H26N2O4/c1-19-7-5-6-8-20(19)14-24(31)18-30-25-16-27-26(33-11-12-34-27)15-21(25)13-22(28(30)32)17-29-23-9-3-2-4-10-23/h2-10,13,15-16,29H,11-12,14,17-18H2,1H3. The highest BCUT2D eigenvalue weighted by atomic mass is 16.6. The topological polar surface area (TPSA) is 69.6 Å². The molecule has 2 heterocycles. The number of benzene rings is 3. The minimum atomic E-state index is -0.189. The molecule has 0 radical (unpaired) electrons. The summed E-state index contributed by atoms with van der Waals surface area (Å²) in [7, 11) is 0. The van der Waals surface area contributed by atoms with Crippen LogP contribution in [0.3, 0.4) is 0 Å². The normalized spacial score (nSPS) is 12.5. The number of carbonyl (C=O) groups is 1. The Hall–Kier alpha value is -4.06. The third-order valence-electron chi connectivity index (χ3n) is 6.07. The number of hydrogen-bond donors (Lipinski definition) is 1. The summed E-state index contributed by atoms with van der Waals surface area (Å²) in [4.78, 5) is 26.6. The molecule has 0 atom stereocenters. The number of aryl methyl sites for hydroxylation is 1. The summed E-state index contributed by atoms with van der Waals surface area (Å²) in [6.07, 6.45) is 0.275. The number of nitrogens with one attached hydrogen (secondary N) is 1. The highest BCUT2D eigenvalue weighted by molar-refractivity contribution is 5.87. The number of nitrogens with zero attached hydrogens (tertiary/aromatic N) is 1. The maximum atomic E-state index is 13.5. The summed E-state index contributed by atoms with van der Waals surface area (Å²) < 4.78 is 13.1. The van der Waals surface area contributed by atoms with Gasteiger partial charge in [0.05, 0.1) is 12.1 Å². The molecule has 0 unspecified atom stereocenters. The molecule has 34 heavy (non-hydrogen) atoms. The number of pyridine rings is 1. The molecule has 5 rings (SSSR count). The Morgan fingerprint density at radius 3 is 2.38 bits per heavy atom. The molecule has 0 saturated carbocycles. The SMILES string of the molecule is Cc1ccccc1CC(=O)Cn1c(=O)c(CNc2ccccc2)cc2cc3c(cc21)OCCO3. The first-order chi connectivity index (χ1) is 16.6. The molecule has 1 aliphatic heterocycles. The van der Waals surface area contributed by atoms with E-state index >= 15 is 0 Å². The molecule has 0 amide bonds. The van der Waals surface area contributed by atoms with Crippen LogP contribution in [-0.4, -0.2) is 23.6 Å². The van der Waals surface area contributed by atoms with Crippen molar-refractivity contribution in [1.82, 2.24) is 4.57 Å². The molecule has 3 aromatic carbocycles. The van der Waals surface area contributed by atoms with Crippen molar-refractivity contribution in [2.45, 2.75) is 26.4 Å². The molecule has 0 bridgehead atoms. The van der Waals surface area contributed by atoms with Gasteiger partial charge in [0, 0.05) is 35.7 Å². The van der Waals surface area contributed by atoms with Crippen molar-refractivity contribution in [3.05, 3.63) is 99.8 Å². The third kappa shape index (κ3) is 4.53. The van der Waals surface area contributed by atoms with Crippen LogP contribution in [0.2, 0.25) is 0 Å². The van der Waals surface area contributed by atoms with Crippen LogP contribution >= 0.6 is 0 Å². The van der Waals surface area contributed by atoms with Crippen LogP contribution in [0.1, 0.15) is 16.7 Å². The van der Waals surface area contributed by atoms with E-state index in [-0.39, 0.29) is 24.3 Å². The van der Waals surface area contributed by atoms with Gasteiger partial charge in [-0.1, -0.05) is 42.5 Å². The first-order valence-electron chi connectivity index (χ1n) is 11.4. The van der Waals surface area contributed by atoms with Crippen molar-refractivity contribution in [2.75, 3.05) is 18.5 Å². The van der Waals surface area contributed by atoms with Crippen molar-refractivity contribution in [2.24, 2.45) is 0 Å². The van der Waals surface area contributed by atoms with Gasteiger partial charge in [-0.2, -0.15) is 0 Å². The van der Waals surface area contributed by atoms with Gasteiger partial charge in [-0.15, -0.1) is 0 Å². The molecule has 1 aliphatic rings. The van der Waals surface area contributed by atoms with Gasteiger partial charge in [0.25, 0.3) is 5.56 Å². The van der Waals surface area contributed by atoms with Crippen molar-refractivity contribution >= 4 is 22.4 Å². The predicted octanol–water partition coefficient (Wildman–Crippen LogP) is 4.51. The first kappa shape index (κ1) is 21.8. The fraction of sp³-hybridized carbons (Fsp3) is 0.214. The molecule has 0 saturated heterocycles. The zero-order chi connectivity index (χ0) is 23.5. The number of fused-ring (bicyclic) bond motifs is 2. The van der Waals surface area contributed by atoms with Crippen molar-refractivity contribution < 1.29 is 14.3 Å². The first-order valence-corrected chi connectivity index (χ1v) is 11.4. The second-order valence-electron chi connectivity index (χ2n) is 8.48. The number of Topliss-reactive ketones (excluding diaryl/α,β-unsaturated/α-hetero) is 1. The second-order valence-corrected chi connectivity index (χ2v) is 8.48. The fourth-order valence-electron chi connectivity index (χ4n) is 4.27. The molecule has 6 heteroatoms. The lowest BCUT2D eigenvalue weighted by molar-refractivity contribution is -0.119. The second kappa shape index (κ2) is 9.43. The zero-order valence-electron chi connectivity index (χ0n) is 19.0. The Morgan fingerprint density at radius 1 is 0.912 bits per heavy atom. The Morgan fingerprint density at radius 2 is 1.62 bits per heavy atom. The monoisotopic (exact) mass is 454 g/mol. The summed E-state index contributed by atoms with van der Waals surface area (Å²) in [5, 5.41) is 4.13. The van der Waals surface area contributed by atoms with Gasteiger partial charge in [0.15, 0.2) is 17.3 Å². The fourth-order valence-corrected chi connectivity index (χ4v) is 4.27. The van der Waals surface area contributed by atoms with E-state index in [0.717, 1.165) is 22.2 Å². The van der Waals surface area contributed by atoms with Gasteiger partial charge in [-0.25, -0.2) is 0 Å². The molecular weight excluding hydrogens is 428 g/mol. The van der Waals surface area contributed by atoms with Crippen molar-refractivity contribution in [3.8, 4) is 11.5 Å². The molecule has 4 aromatic rings. The molecule has 1 N–H and O–H groups in total. The van der Waals surface area contributed by atoms with Crippen LogP contribution in [0.4, 0.5) is 5.69 Å². The van der Waals surface area contributed by atoms with Gasteiger partial charge in [-0.3, -0.25) is 9.59 Å². The molecule has 0 aliphatic carbocycles. The molecule has 0 fully saturated rings. The quantitative estimate of drug-likeness (QED) is 0.445. The van der Waals surface area contributed by atoms with Crippen LogP contribution in [0.25, 0.3) is 10.9 Å². The number of aromatic nitrogens is 1. The Balaban J connectivity index is 1.53. The van der Waals surface area contributed by atoms with E-state index < -0.39 is 0 Å². The summed E-state index contributed by atoms with van der Waals surface area (Å²) >= 11 is 0. The lowest BCUT2D eigenvalue weighted by Crippen LogP contribution is -2.29. The van der Waals surface area contributed by atoms with E-state index in [4.69, 9.17) is 9.47 Å². The van der Waals surface area contributed by atoms with Crippen LogP contribution < -0.4 is 20.3 Å². The molecule has 0 spiro atoms. The maximum Gasteiger partial charge on any atom is 0.256 e. The molecule has 172 valence electrons. The summed E-state index contributed by atoms with van der Waals surface area (Å²) in [6.45, 7) is 3.26.